The van der Waals surface area contributed by atoms with Crippen LogP contribution >= 0.6 is 11.8 Å². The second kappa shape index (κ2) is 14.2. The Kier molecular flexibility index (Phi) is 11.4. The third-order valence-electron chi connectivity index (χ3n) is 5.34. The van der Waals surface area contributed by atoms with Crippen LogP contribution in [0.1, 0.15) is 44.2 Å². The predicted octanol–water partition coefficient (Wildman–Crippen LogP) is 4.56. The maximum atomic E-state index is 13.3. The minimum Gasteiger partial charge on any atom is -0.497 e. The molecule has 0 aliphatic heterocycles. The van der Waals surface area contributed by atoms with Gasteiger partial charge >= 0.3 is 0 Å². The average Bonchev–Trinajstić information content (AvgIpc) is 2.84. The fraction of sp³-hybridized carbons (Fsp3) is 0.440. The van der Waals surface area contributed by atoms with Gasteiger partial charge in [0.05, 0.1) is 17.8 Å². The molecule has 184 valence electrons. The topological polar surface area (TPSA) is 102 Å². The second-order valence-corrected chi connectivity index (χ2v) is 8.84. The normalized spacial score (nSPS) is 11.5. The maximum absolute atomic E-state index is 13.3. The summed E-state index contributed by atoms with van der Waals surface area (Å²) >= 11 is 1.42. The monoisotopic (exact) mass is 487 g/mol. The summed E-state index contributed by atoms with van der Waals surface area (Å²) in [6, 6.07) is 13.2. The second-order valence-electron chi connectivity index (χ2n) is 7.86. The number of thioether (sulfide) groups is 1. The zero-order valence-electron chi connectivity index (χ0n) is 20.0. The van der Waals surface area contributed by atoms with Crippen molar-refractivity contribution in [1.82, 2.24) is 10.2 Å². The van der Waals surface area contributed by atoms with Crippen LogP contribution in [0.15, 0.2) is 48.5 Å². The van der Waals surface area contributed by atoms with Gasteiger partial charge in [0.15, 0.2) is 0 Å². The number of hydrogen-bond acceptors (Lipinski definition) is 6. The number of nitro benzene ring substituents is 1. The number of nitrogens with zero attached hydrogens (tertiary/aromatic N) is 2. The number of amides is 2. The Morgan fingerprint density at radius 1 is 1.15 bits per heavy atom. The molecule has 0 heterocycles. The van der Waals surface area contributed by atoms with Crippen molar-refractivity contribution < 1.29 is 19.2 Å². The number of carbonyl (C=O) groups is 2. The highest BCUT2D eigenvalue weighted by atomic mass is 32.2. The van der Waals surface area contributed by atoms with E-state index in [-0.39, 0.29) is 23.3 Å². The molecule has 1 N–H and O–H groups in total. The predicted molar refractivity (Wildman–Crippen MR) is 135 cm³/mol. The Labute approximate surface area is 205 Å². The summed E-state index contributed by atoms with van der Waals surface area (Å²) in [5.41, 5.74) is 1.81. The summed E-state index contributed by atoms with van der Waals surface area (Å²) in [6.45, 7) is 4.85. The molecule has 0 saturated heterocycles. The lowest BCUT2D eigenvalue weighted by molar-refractivity contribution is -0.384. The van der Waals surface area contributed by atoms with E-state index in [9.17, 15) is 19.7 Å². The molecular formula is C25H33N3O5S. The minimum atomic E-state index is -0.574. The number of benzene rings is 2. The van der Waals surface area contributed by atoms with Crippen LogP contribution in [0.2, 0.25) is 0 Å². The lowest BCUT2D eigenvalue weighted by atomic mass is 10.1. The molecule has 2 aromatic carbocycles. The number of rotatable bonds is 14. The molecule has 1 unspecified atom stereocenters. The third kappa shape index (κ3) is 8.37. The SMILES string of the molecule is CCCCNC(=O)C(CC)N(Cc1cccc(OC)c1)C(=O)CSCc1ccc([N+](=O)[O-])cc1. The molecule has 0 spiro atoms. The lowest BCUT2D eigenvalue weighted by Crippen LogP contribution is -2.49. The van der Waals surface area contributed by atoms with Gasteiger partial charge < -0.3 is 15.0 Å². The number of ether oxygens (including phenoxy) is 1. The Morgan fingerprint density at radius 3 is 2.50 bits per heavy atom. The molecule has 2 aromatic rings. The zero-order chi connectivity index (χ0) is 24.9. The van der Waals surface area contributed by atoms with Crippen molar-refractivity contribution in [3.05, 3.63) is 69.8 Å². The van der Waals surface area contributed by atoms with Crippen LogP contribution in [-0.4, -0.2) is 47.1 Å². The van der Waals surface area contributed by atoms with Crippen LogP contribution in [0.3, 0.4) is 0 Å². The largest absolute Gasteiger partial charge is 0.497 e. The van der Waals surface area contributed by atoms with E-state index in [1.54, 1.807) is 24.1 Å². The number of unbranched alkanes of at least 4 members (excludes halogenated alkanes) is 1. The van der Waals surface area contributed by atoms with Crippen molar-refractivity contribution in [1.29, 1.82) is 0 Å². The van der Waals surface area contributed by atoms with Gasteiger partial charge in [-0.1, -0.05) is 44.5 Å². The Balaban J connectivity index is 2.11. The number of methoxy groups -OCH3 is 1. The van der Waals surface area contributed by atoms with Crippen molar-refractivity contribution in [3.63, 3.8) is 0 Å². The summed E-state index contributed by atoms with van der Waals surface area (Å²) in [4.78, 5) is 38.2. The van der Waals surface area contributed by atoms with Gasteiger partial charge in [0.2, 0.25) is 11.8 Å². The van der Waals surface area contributed by atoms with E-state index in [4.69, 9.17) is 4.74 Å². The molecule has 8 nitrogen and oxygen atoms in total. The quantitative estimate of drug-likeness (QED) is 0.238. The van der Waals surface area contributed by atoms with Gasteiger partial charge in [0.25, 0.3) is 5.69 Å². The van der Waals surface area contributed by atoms with Gasteiger partial charge in [-0.15, -0.1) is 11.8 Å². The van der Waals surface area contributed by atoms with Crippen LogP contribution in [0.4, 0.5) is 5.69 Å². The molecule has 2 amide bonds. The van der Waals surface area contributed by atoms with Gasteiger partial charge in [-0.25, -0.2) is 0 Å². The lowest BCUT2D eigenvalue weighted by Gasteiger charge is -2.30. The Hall–Kier alpha value is -3.07. The highest BCUT2D eigenvalue weighted by molar-refractivity contribution is 7.99. The average molecular weight is 488 g/mol. The summed E-state index contributed by atoms with van der Waals surface area (Å²) in [7, 11) is 1.59. The van der Waals surface area contributed by atoms with Crippen LogP contribution in [0.5, 0.6) is 5.75 Å². The standard InChI is InChI=1S/C25H33N3O5S/c1-4-6-14-26-25(30)23(5-2)27(16-20-8-7-9-22(15-20)33-3)24(29)18-34-17-19-10-12-21(13-11-19)28(31)32/h7-13,15,23H,4-6,14,16-18H2,1-3H3,(H,26,30). The molecule has 0 aromatic heterocycles. The number of hydrogen-bond donors (Lipinski definition) is 1. The van der Waals surface area contributed by atoms with E-state index < -0.39 is 11.0 Å². The molecule has 34 heavy (non-hydrogen) atoms. The number of nitro groups is 1. The Morgan fingerprint density at radius 2 is 1.88 bits per heavy atom. The first-order valence-electron chi connectivity index (χ1n) is 11.4. The van der Waals surface area contributed by atoms with E-state index in [2.05, 4.69) is 12.2 Å². The minimum absolute atomic E-state index is 0.0363. The molecule has 0 fully saturated rings. The molecule has 9 heteroatoms. The summed E-state index contributed by atoms with van der Waals surface area (Å²) in [5, 5.41) is 13.8. The first kappa shape index (κ1) is 27.2. The van der Waals surface area contributed by atoms with Crippen molar-refractivity contribution >= 4 is 29.3 Å². The Bertz CT molecular complexity index is 952. The number of non-ortho nitro benzene ring substituents is 1. The van der Waals surface area contributed by atoms with Gasteiger partial charge in [-0.05, 0) is 36.1 Å². The van der Waals surface area contributed by atoms with Crippen LogP contribution in [-0.2, 0) is 21.9 Å². The molecular weight excluding hydrogens is 454 g/mol. The van der Waals surface area contributed by atoms with Gasteiger partial charge in [0, 0.05) is 31.0 Å². The van der Waals surface area contributed by atoms with Gasteiger partial charge in [-0.2, -0.15) is 0 Å². The molecule has 0 saturated carbocycles. The molecule has 0 aliphatic rings. The fourth-order valence-electron chi connectivity index (χ4n) is 3.45. The van der Waals surface area contributed by atoms with Crippen LogP contribution in [0.25, 0.3) is 0 Å². The van der Waals surface area contributed by atoms with E-state index in [0.717, 1.165) is 24.0 Å². The van der Waals surface area contributed by atoms with Crippen molar-refractivity contribution in [3.8, 4) is 5.75 Å². The molecule has 2 rings (SSSR count). The van der Waals surface area contributed by atoms with E-state index in [1.165, 1.54) is 23.9 Å². The van der Waals surface area contributed by atoms with Crippen molar-refractivity contribution in [2.45, 2.75) is 51.4 Å². The van der Waals surface area contributed by atoms with Crippen LogP contribution in [0, 0.1) is 10.1 Å². The van der Waals surface area contributed by atoms with E-state index in [1.807, 2.05) is 31.2 Å². The van der Waals surface area contributed by atoms with E-state index in [0.29, 0.717) is 31.0 Å². The maximum Gasteiger partial charge on any atom is 0.269 e. The van der Waals surface area contributed by atoms with Crippen molar-refractivity contribution in [2.75, 3.05) is 19.4 Å². The summed E-state index contributed by atoms with van der Waals surface area (Å²) < 4.78 is 5.30. The number of carbonyl (C=O) groups excluding carboxylic acids is 2. The molecule has 0 radical (unpaired) electrons. The highest BCUT2D eigenvalue weighted by Gasteiger charge is 2.28. The third-order valence-corrected chi connectivity index (χ3v) is 6.33. The van der Waals surface area contributed by atoms with E-state index >= 15 is 0 Å². The molecule has 0 bridgehead atoms. The first-order valence-corrected chi connectivity index (χ1v) is 12.6. The van der Waals surface area contributed by atoms with Crippen LogP contribution < -0.4 is 10.1 Å². The summed E-state index contributed by atoms with van der Waals surface area (Å²) in [6.07, 6.45) is 2.36. The first-order chi connectivity index (χ1) is 16.4. The highest BCUT2D eigenvalue weighted by Crippen LogP contribution is 2.20. The van der Waals surface area contributed by atoms with Gasteiger partial charge in [0.1, 0.15) is 11.8 Å². The van der Waals surface area contributed by atoms with Crippen molar-refractivity contribution in [2.24, 2.45) is 0 Å². The molecule has 0 aliphatic carbocycles. The molecule has 1 atom stereocenters. The van der Waals surface area contributed by atoms with Gasteiger partial charge in [-0.3, -0.25) is 19.7 Å². The number of nitrogens with one attached hydrogen (secondary N) is 1. The smallest absolute Gasteiger partial charge is 0.269 e. The summed E-state index contributed by atoms with van der Waals surface area (Å²) in [5.74, 6) is 1.15. The zero-order valence-corrected chi connectivity index (χ0v) is 20.8. The fourth-order valence-corrected chi connectivity index (χ4v) is 4.32.